The van der Waals surface area contributed by atoms with Crippen LogP contribution in [0.4, 0.5) is 28.4 Å². The predicted molar refractivity (Wildman–Crippen MR) is 94.4 cm³/mol. The van der Waals surface area contributed by atoms with Gasteiger partial charge in [0.05, 0.1) is 17.9 Å². The van der Waals surface area contributed by atoms with Crippen molar-refractivity contribution in [2.24, 2.45) is 5.92 Å². The number of anilines is 1. The predicted octanol–water partition coefficient (Wildman–Crippen LogP) is 4.04. The smallest absolute Gasteiger partial charge is 0.418 e. The number of nitrogens with one attached hydrogen (secondary N) is 1. The molecule has 1 saturated heterocycles. The molecule has 27 heavy (non-hydrogen) atoms. The fourth-order valence-electron chi connectivity index (χ4n) is 2.67. The molecule has 3 amide bonds. The zero-order valence-electron chi connectivity index (χ0n) is 15.4. The Morgan fingerprint density at radius 3 is 2.41 bits per heavy atom. The number of alkyl halides is 3. The van der Waals surface area contributed by atoms with Gasteiger partial charge in [-0.2, -0.15) is 13.2 Å². The number of carbonyl (C=O) groups excluding carboxylic acids is 2. The van der Waals surface area contributed by atoms with E-state index in [1.54, 1.807) is 0 Å². The fraction of sp³-hybridized carbons (Fsp3) is 0.556. The van der Waals surface area contributed by atoms with E-state index in [9.17, 15) is 22.8 Å². The normalized spacial score (nSPS) is 15.5. The molecule has 0 saturated carbocycles. The lowest BCUT2D eigenvalue weighted by Gasteiger charge is -2.23. The maximum absolute atomic E-state index is 13.1. The summed E-state index contributed by atoms with van der Waals surface area (Å²) in [7, 11) is 0. The molecule has 2 rings (SSSR count). The molecular formula is C18H24F3N3O3. The second-order valence-corrected chi connectivity index (χ2v) is 6.77. The van der Waals surface area contributed by atoms with Gasteiger partial charge in [0, 0.05) is 26.2 Å². The van der Waals surface area contributed by atoms with Crippen LogP contribution in [-0.2, 0) is 10.9 Å². The van der Waals surface area contributed by atoms with Crippen molar-refractivity contribution in [1.29, 1.82) is 0 Å². The van der Waals surface area contributed by atoms with Crippen molar-refractivity contribution in [1.82, 2.24) is 9.80 Å². The van der Waals surface area contributed by atoms with Crippen LogP contribution in [0.2, 0.25) is 0 Å². The van der Waals surface area contributed by atoms with Gasteiger partial charge in [-0.05, 0) is 24.5 Å². The third-order valence-electron chi connectivity index (χ3n) is 4.06. The molecular weight excluding hydrogens is 363 g/mol. The summed E-state index contributed by atoms with van der Waals surface area (Å²) in [5, 5.41) is 2.33. The number of hydrogen-bond donors (Lipinski definition) is 1. The van der Waals surface area contributed by atoms with E-state index in [2.05, 4.69) is 5.32 Å². The number of amides is 3. The highest BCUT2D eigenvalue weighted by atomic mass is 19.4. The van der Waals surface area contributed by atoms with E-state index in [0.717, 1.165) is 6.07 Å². The molecule has 1 fully saturated rings. The van der Waals surface area contributed by atoms with Gasteiger partial charge in [-0.3, -0.25) is 0 Å². The number of rotatable bonds is 3. The monoisotopic (exact) mass is 387 g/mol. The molecule has 1 aromatic carbocycles. The van der Waals surface area contributed by atoms with Crippen LogP contribution in [-0.4, -0.2) is 54.7 Å². The quantitative estimate of drug-likeness (QED) is 0.852. The topological polar surface area (TPSA) is 61.9 Å². The Labute approximate surface area is 156 Å². The second kappa shape index (κ2) is 8.96. The molecule has 9 heteroatoms. The summed E-state index contributed by atoms with van der Waals surface area (Å²) < 4.78 is 44.3. The minimum Gasteiger partial charge on any atom is -0.449 e. The fourth-order valence-corrected chi connectivity index (χ4v) is 2.67. The molecule has 0 spiro atoms. The number of urea groups is 1. The average Bonchev–Trinajstić information content (AvgIpc) is 2.85. The maximum atomic E-state index is 13.1. The zero-order chi connectivity index (χ0) is 20.0. The molecule has 0 bridgehead atoms. The lowest BCUT2D eigenvalue weighted by atomic mass is 10.1. The van der Waals surface area contributed by atoms with Gasteiger partial charge in [0.25, 0.3) is 0 Å². The van der Waals surface area contributed by atoms with Crippen LogP contribution in [0.1, 0.15) is 25.8 Å². The first-order chi connectivity index (χ1) is 12.7. The third kappa shape index (κ3) is 6.04. The van der Waals surface area contributed by atoms with E-state index in [1.807, 2.05) is 13.8 Å². The molecule has 0 unspecified atom stereocenters. The van der Waals surface area contributed by atoms with Gasteiger partial charge in [-0.25, -0.2) is 9.59 Å². The van der Waals surface area contributed by atoms with Crippen molar-refractivity contribution >= 4 is 17.8 Å². The van der Waals surface area contributed by atoms with Crippen LogP contribution in [0.3, 0.4) is 0 Å². The second-order valence-electron chi connectivity index (χ2n) is 6.77. The van der Waals surface area contributed by atoms with Gasteiger partial charge in [-0.1, -0.05) is 26.0 Å². The Kier molecular flexibility index (Phi) is 6.92. The third-order valence-corrected chi connectivity index (χ3v) is 4.06. The number of nitrogens with zero attached hydrogens (tertiary/aromatic N) is 2. The van der Waals surface area contributed by atoms with Crippen LogP contribution >= 0.6 is 0 Å². The van der Waals surface area contributed by atoms with Gasteiger partial charge >= 0.3 is 18.3 Å². The van der Waals surface area contributed by atoms with Crippen LogP contribution in [0, 0.1) is 5.92 Å². The summed E-state index contributed by atoms with van der Waals surface area (Å²) in [6.07, 6.45) is -4.47. The van der Waals surface area contributed by atoms with Crippen LogP contribution in [0.25, 0.3) is 0 Å². The number of halogens is 3. The van der Waals surface area contributed by atoms with Gasteiger partial charge < -0.3 is 19.9 Å². The Bertz CT molecular complexity index is 665. The summed E-state index contributed by atoms with van der Waals surface area (Å²) in [5.74, 6) is 0.219. The number of hydrogen-bond acceptors (Lipinski definition) is 3. The minimum absolute atomic E-state index is 0.219. The number of carbonyl (C=O) groups is 2. The molecule has 1 N–H and O–H groups in total. The first-order valence-electron chi connectivity index (χ1n) is 8.82. The van der Waals surface area contributed by atoms with Gasteiger partial charge in [0.1, 0.15) is 0 Å². The molecule has 1 aromatic rings. The Hall–Kier alpha value is -2.45. The van der Waals surface area contributed by atoms with Crippen molar-refractivity contribution in [3.05, 3.63) is 29.8 Å². The van der Waals surface area contributed by atoms with E-state index in [4.69, 9.17) is 4.74 Å². The maximum Gasteiger partial charge on any atom is 0.418 e. The molecule has 1 aliphatic heterocycles. The molecule has 1 aliphatic rings. The molecule has 0 aromatic heterocycles. The summed E-state index contributed by atoms with van der Waals surface area (Å²) in [5.41, 5.74) is -1.18. The average molecular weight is 387 g/mol. The Balaban J connectivity index is 1.96. The van der Waals surface area contributed by atoms with E-state index in [0.29, 0.717) is 26.1 Å². The number of ether oxygens (including phenoxy) is 1. The summed E-state index contributed by atoms with van der Waals surface area (Å²) in [4.78, 5) is 27.4. The summed E-state index contributed by atoms with van der Waals surface area (Å²) in [6, 6.07) is 4.22. The van der Waals surface area contributed by atoms with Crippen molar-refractivity contribution in [2.75, 3.05) is 38.1 Å². The van der Waals surface area contributed by atoms with Crippen LogP contribution in [0.5, 0.6) is 0 Å². The molecule has 0 aliphatic carbocycles. The van der Waals surface area contributed by atoms with Crippen LogP contribution < -0.4 is 5.32 Å². The minimum atomic E-state index is -4.56. The van der Waals surface area contributed by atoms with E-state index < -0.39 is 23.9 Å². The van der Waals surface area contributed by atoms with Crippen molar-refractivity contribution in [3.8, 4) is 0 Å². The van der Waals surface area contributed by atoms with E-state index >= 15 is 0 Å². The zero-order valence-corrected chi connectivity index (χ0v) is 15.4. The lowest BCUT2D eigenvalue weighted by molar-refractivity contribution is -0.136. The highest BCUT2D eigenvalue weighted by Crippen LogP contribution is 2.34. The molecule has 1 heterocycles. The largest absolute Gasteiger partial charge is 0.449 e. The highest BCUT2D eigenvalue weighted by molar-refractivity contribution is 5.90. The first kappa shape index (κ1) is 20.9. The lowest BCUT2D eigenvalue weighted by Crippen LogP contribution is -2.39. The van der Waals surface area contributed by atoms with Crippen molar-refractivity contribution in [2.45, 2.75) is 26.4 Å². The van der Waals surface area contributed by atoms with Gasteiger partial charge in [0.2, 0.25) is 0 Å². The SMILES string of the molecule is CC(C)COC(=O)N1CCCN(C(=O)Nc2ccccc2C(F)(F)F)CC1. The standard InChI is InChI=1S/C18H24F3N3O3/c1-13(2)12-27-17(26)24-9-5-8-23(10-11-24)16(25)22-15-7-4-3-6-14(15)18(19,20)21/h3-4,6-7,13H,5,8-12H2,1-2H3,(H,22,25). The van der Waals surface area contributed by atoms with Gasteiger partial charge in [-0.15, -0.1) is 0 Å². The van der Waals surface area contributed by atoms with E-state index in [-0.39, 0.29) is 24.7 Å². The molecule has 0 atom stereocenters. The molecule has 0 radical (unpaired) electrons. The van der Waals surface area contributed by atoms with Crippen LogP contribution in [0.15, 0.2) is 24.3 Å². The highest BCUT2D eigenvalue weighted by Gasteiger charge is 2.34. The van der Waals surface area contributed by atoms with E-state index in [1.165, 1.54) is 28.0 Å². The summed E-state index contributed by atoms with van der Waals surface area (Å²) in [6.45, 7) is 5.44. The first-order valence-corrected chi connectivity index (χ1v) is 8.82. The number of para-hydroxylation sites is 1. The number of benzene rings is 1. The molecule has 6 nitrogen and oxygen atoms in total. The summed E-state index contributed by atoms with van der Waals surface area (Å²) >= 11 is 0. The van der Waals surface area contributed by atoms with Gasteiger partial charge in [0.15, 0.2) is 0 Å². The Morgan fingerprint density at radius 2 is 1.74 bits per heavy atom. The molecule has 150 valence electrons. The van der Waals surface area contributed by atoms with Crippen molar-refractivity contribution in [3.63, 3.8) is 0 Å². The Morgan fingerprint density at radius 1 is 1.11 bits per heavy atom. The van der Waals surface area contributed by atoms with Crippen molar-refractivity contribution < 1.29 is 27.5 Å².